The highest BCUT2D eigenvalue weighted by atomic mass is 16.5. The van der Waals surface area contributed by atoms with Crippen LogP contribution in [0.1, 0.15) is 5.56 Å². The summed E-state index contributed by atoms with van der Waals surface area (Å²) in [5.41, 5.74) is 5.26. The monoisotopic (exact) mass is 427 g/mol. The van der Waals surface area contributed by atoms with E-state index < -0.39 is 0 Å². The van der Waals surface area contributed by atoms with Crippen molar-refractivity contribution in [3.8, 4) is 17.3 Å². The summed E-state index contributed by atoms with van der Waals surface area (Å²) in [5, 5.41) is 8.68. The second kappa shape index (κ2) is 7.34. The molecule has 160 valence electrons. The van der Waals surface area contributed by atoms with Gasteiger partial charge in [0.25, 0.3) is 5.95 Å². The van der Waals surface area contributed by atoms with Crippen LogP contribution in [0.3, 0.4) is 0 Å². The van der Waals surface area contributed by atoms with E-state index in [0.29, 0.717) is 19.2 Å². The standard InChI is InChI=1S/C22H21N9O/c1-14-3-4-17-16(13-14)27-28-31(17)22-25-20-18(21(26-22)30-9-11-32-12-10-30)24-19(29(20)2)15-5-7-23-8-6-15/h3-8,13H,9-12H2,1-2H3. The van der Waals surface area contributed by atoms with Gasteiger partial charge in [-0.1, -0.05) is 11.3 Å². The number of morpholine rings is 1. The van der Waals surface area contributed by atoms with E-state index in [1.807, 2.05) is 48.9 Å². The lowest BCUT2D eigenvalue weighted by Gasteiger charge is -2.28. The Morgan fingerprint density at radius 2 is 1.78 bits per heavy atom. The van der Waals surface area contributed by atoms with Gasteiger partial charge in [-0.25, -0.2) is 4.98 Å². The molecule has 0 bridgehead atoms. The molecule has 10 heteroatoms. The van der Waals surface area contributed by atoms with Crippen LogP contribution < -0.4 is 4.90 Å². The number of hydrogen-bond donors (Lipinski definition) is 0. The molecule has 0 aliphatic carbocycles. The molecule has 0 unspecified atom stereocenters. The van der Waals surface area contributed by atoms with Gasteiger partial charge in [-0.05, 0) is 36.8 Å². The quantitative estimate of drug-likeness (QED) is 0.432. The fraction of sp³-hybridized carbons (Fsp3) is 0.273. The smallest absolute Gasteiger partial charge is 0.256 e. The van der Waals surface area contributed by atoms with Gasteiger partial charge in [0.15, 0.2) is 17.0 Å². The zero-order valence-corrected chi connectivity index (χ0v) is 17.8. The first kappa shape index (κ1) is 18.8. The molecule has 1 aliphatic heterocycles. The molecule has 5 aromatic rings. The number of pyridine rings is 1. The molecule has 32 heavy (non-hydrogen) atoms. The van der Waals surface area contributed by atoms with E-state index in [9.17, 15) is 0 Å². The van der Waals surface area contributed by atoms with Crippen LogP contribution in [0.15, 0.2) is 42.7 Å². The first-order valence-corrected chi connectivity index (χ1v) is 10.5. The van der Waals surface area contributed by atoms with Gasteiger partial charge in [0, 0.05) is 38.1 Å². The minimum Gasteiger partial charge on any atom is -0.378 e. The van der Waals surface area contributed by atoms with E-state index in [0.717, 1.165) is 58.1 Å². The Morgan fingerprint density at radius 3 is 2.59 bits per heavy atom. The second-order valence-electron chi connectivity index (χ2n) is 7.84. The Bertz CT molecular complexity index is 1430. The van der Waals surface area contributed by atoms with Gasteiger partial charge < -0.3 is 14.2 Å². The van der Waals surface area contributed by atoms with E-state index in [2.05, 4.69) is 20.2 Å². The maximum absolute atomic E-state index is 5.56. The van der Waals surface area contributed by atoms with Crippen LogP contribution in [0.25, 0.3) is 39.5 Å². The number of imidazole rings is 1. The Balaban J connectivity index is 1.60. The highest BCUT2D eigenvalue weighted by molar-refractivity contribution is 5.88. The molecule has 1 saturated heterocycles. The fourth-order valence-electron chi connectivity index (χ4n) is 4.07. The van der Waals surface area contributed by atoms with Crippen molar-refractivity contribution in [3.63, 3.8) is 0 Å². The van der Waals surface area contributed by atoms with Gasteiger partial charge in [-0.3, -0.25) is 4.98 Å². The molecule has 10 nitrogen and oxygen atoms in total. The predicted octanol–water partition coefficient (Wildman–Crippen LogP) is 2.30. The average molecular weight is 427 g/mol. The topological polar surface area (TPSA) is 99.7 Å². The highest BCUT2D eigenvalue weighted by Gasteiger charge is 2.24. The first-order chi connectivity index (χ1) is 15.7. The lowest BCUT2D eigenvalue weighted by molar-refractivity contribution is 0.122. The molecule has 6 rings (SSSR count). The Hall–Kier alpha value is -3.92. The van der Waals surface area contributed by atoms with Crippen LogP contribution in [0.5, 0.6) is 0 Å². The van der Waals surface area contributed by atoms with E-state index >= 15 is 0 Å². The summed E-state index contributed by atoms with van der Waals surface area (Å²) in [6, 6.07) is 9.92. The maximum atomic E-state index is 5.56. The van der Waals surface area contributed by atoms with Crippen molar-refractivity contribution < 1.29 is 4.74 Å². The zero-order valence-electron chi connectivity index (χ0n) is 17.8. The molecular weight excluding hydrogens is 406 g/mol. The first-order valence-electron chi connectivity index (χ1n) is 10.5. The number of nitrogens with zero attached hydrogens (tertiary/aromatic N) is 9. The molecular formula is C22H21N9O. The van der Waals surface area contributed by atoms with Crippen LogP contribution in [-0.4, -0.2) is 65.8 Å². The lowest BCUT2D eigenvalue weighted by Crippen LogP contribution is -2.37. The summed E-state index contributed by atoms with van der Waals surface area (Å²) in [6.07, 6.45) is 3.52. The Morgan fingerprint density at radius 1 is 0.969 bits per heavy atom. The SMILES string of the molecule is Cc1ccc2c(c1)nnn2-c1nc(N2CCOCC2)c2nc(-c3ccncc3)n(C)c2n1. The summed E-state index contributed by atoms with van der Waals surface area (Å²) in [5.74, 6) is 2.05. The summed E-state index contributed by atoms with van der Waals surface area (Å²) in [7, 11) is 1.97. The van der Waals surface area contributed by atoms with Crippen molar-refractivity contribution in [1.82, 2.24) is 39.5 Å². The van der Waals surface area contributed by atoms with Gasteiger partial charge in [0.05, 0.1) is 18.7 Å². The minimum atomic E-state index is 0.467. The third kappa shape index (κ3) is 2.99. The van der Waals surface area contributed by atoms with Crippen molar-refractivity contribution in [3.05, 3.63) is 48.3 Å². The Labute approximate surface area is 183 Å². The number of aromatic nitrogens is 8. The van der Waals surface area contributed by atoms with Crippen LogP contribution in [0, 0.1) is 6.92 Å². The number of rotatable bonds is 3. The number of hydrogen-bond acceptors (Lipinski definition) is 8. The van der Waals surface area contributed by atoms with Gasteiger partial charge in [0.1, 0.15) is 11.3 Å². The molecule has 1 aromatic carbocycles. The van der Waals surface area contributed by atoms with Gasteiger partial charge >= 0.3 is 0 Å². The van der Waals surface area contributed by atoms with Crippen molar-refractivity contribution in [2.75, 3.05) is 31.2 Å². The second-order valence-corrected chi connectivity index (χ2v) is 7.84. The molecule has 0 amide bonds. The molecule has 5 heterocycles. The van der Waals surface area contributed by atoms with Crippen molar-refractivity contribution in [2.45, 2.75) is 6.92 Å². The number of fused-ring (bicyclic) bond motifs is 2. The van der Waals surface area contributed by atoms with Crippen molar-refractivity contribution in [2.24, 2.45) is 7.05 Å². The average Bonchev–Trinajstić information content (AvgIpc) is 3.40. The molecule has 0 radical (unpaired) electrons. The number of ether oxygens (including phenoxy) is 1. The number of aryl methyl sites for hydroxylation is 2. The molecule has 0 atom stereocenters. The van der Waals surface area contributed by atoms with Gasteiger partial charge in [0.2, 0.25) is 0 Å². The van der Waals surface area contributed by atoms with Crippen molar-refractivity contribution in [1.29, 1.82) is 0 Å². The van der Waals surface area contributed by atoms with Crippen LogP contribution in [-0.2, 0) is 11.8 Å². The van der Waals surface area contributed by atoms with Crippen LogP contribution in [0.4, 0.5) is 5.82 Å². The Kier molecular flexibility index (Phi) is 4.32. The largest absolute Gasteiger partial charge is 0.378 e. The van der Waals surface area contributed by atoms with E-state index in [1.54, 1.807) is 17.1 Å². The normalized spacial score (nSPS) is 14.5. The maximum Gasteiger partial charge on any atom is 0.256 e. The summed E-state index contributed by atoms with van der Waals surface area (Å²) in [4.78, 5) is 21.0. The molecule has 0 saturated carbocycles. The zero-order chi connectivity index (χ0) is 21.7. The number of benzene rings is 1. The molecule has 0 spiro atoms. The fourth-order valence-corrected chi connectivity index (χ4v) is 4.07. The highest BCUT2D eigenvalue weighted by Crippen LogP contribution is 2.30. The molecule has 0 N–H and O–H groups in total. The lowest BCUT2D eigenvalue weighted by atomic mass is 10.2. The van der Waals surface area contributed by atoms with Crippen molar-refractivity contribution >= 4 is 28.0 Å². The number of anilines is 1. The van der Waals surface area contributed by atoms with Gasteiger partial charge in [-0.15, -0.1) is 5.10 Å². The van der Waals surface area contributed by atoms with E-state index in [4.69, 9.17) is 19.7 Å². The van der Waals surface area contributed by atoms with Crippen LogP contribution >= 0.6 is 0 Å². The summed E-state index contributed by atoms with van der Waals surface area (Å²) < 4.78 is 9.24. The third-order valence-corrected chi connectivity index (χ3v) is 5.73. The molecule has 1 fully saturated rings. The third-order valence-electron chi connectivity index (χ3n) is 5.73. The van der Waals surface area contributed by atoms with Gasteiger partial charge in [-0.2, -0.15) is 14.6 Å². The minimum absolute atomic E-state index is 0.467. The van der Waals surface area contributed by atoms with Crippen LogP contribution in [0.2, 0.25) is 0 Å². The van der Waals surface area contributed by atoms with E-state index in [-0.39, 0.29) is 0 Å². The molecule has 1 aliphatic rings. The van der Waals surface area contributed by atoms with E-state index in [1.165, 1.54) is 0 Å². The predicted molar refractivity (Wildman–Crippen MR) is 120 cm³/mol. The summed E-state index contributed by atoms with van der Waals surface area (Å²) in [6.45, 7) is 4.81. The summed E-state index contributed by atoms with van der Waals surface area (Å²) >= 11 is 0. The molecule has 4 aromatic heterocycles.